The van der Waals surface area contributed by atoms with Crippen molar-refractivity contribution in [3.05, 3.63) is 59.7 Å². The molecular weight excluding hydrogens is 282 g/mol. The minimum atomic E-state index is -0.961. The van der Waals surface area contributed by atoms with Gasteiger partial charge in [-0.1, -0.05) is 48.5 Å². The summed E-state index contributed by atoms with van der Waals surface area (Å²) in [6.07, 6.45) is -1.21. The van der Waals surface area contributed by atoms with Gasteiger partial charge in [0.1, 0.15) is 0 Å². The lowest BCUT2D eigenvalue weighted by Crippen LogP contribution is -2.28. The van der Waals surface area contributed by atoms with Gasteiger partial charge in [-0.3, -0.25) is 4.79 Å². The summed E-state index contributed by atoms with van der Waals surface area (Å²) in [7, 11) is 0. The number of amides is 1. The summed E-state index contributed by atoms with van der Waals surface area (Å²) in [5.74, 6) is -0.961. The summed E-state index contributed by atoms with van der Waals surface area (Å²) in [5, 5.41) is 11.0. The Hall–Kier alpha value is -2.82. The number of alkyl carbamates (subject to hydrolysis) is 1. The third-order valence-electron chi connectivity index (χ3n) is 3.61. The molecule has 5 nitrogen and oxygen atoms in total. The Kier molecular flexibility index (Phi) is 3.78. The van der Waals surface area contributed by atoms with E-state index in [-0.39, 0.29) is 13.0 Å². The normalized spacial score (nSPS) is 12.4. The Bertz CT molecular complexity index is 681. The zero-order chi connectivity index (χ0) is 15.5. The molecule has 0 fully saturated rings. The number of hydrogen-bond donors (Lipinski definition) is 2. The van der Waals surface area contributed by atoms with Gasteiger partial charge < -0.3 is 15.2 Å². The quantitative estimate of drug-likeness (QED) is 0.909. The van der Waals surface area contributed by atoms with Crippen LogP contribution >= 0.6 is 0 Å². The molecule has 3 rings (SSSR count). The van der Waals surface area contributed by atoms with Crippen molar-refractivity contribution in [1.82, 2.24) is 5.32 Å². The summed E-state index contributed by atoms with van der Waals surface area (Å²) in [6, 6.07) is 15.6. The van der Waals surface area contributed by atoms with Crippen LogP contribution in [-0.4, -0.2) is 23.7 Å². The predicted octanol–water partition coefficient (Wildman–Crippen LogP) is 2.96. The molecule has 22 heavy (non-hydrogen) atoms. The van der Waals surface area contributed by atoms with E-state index in [4.69, 9.17) is 9.84 Å². The van der Waals surface area contributed by atoms with Gasteiger partial charge in [-0.05, 0) is 11.1 Å². The lowest BCUT2D eigenvalue weighted by molar-refractivity contribution is -0.136. The van der Waals surface area contributed by atoms with E-state index >= 15 is 0 Å². The number of hydrogen-bond acceptors (Lipinski definition) is 3. The molecule has 0 saturated heterocycles. The number of rotatable bonds is 4. The third-order valence-corrected chi connectivity index (χ3v) is 3.61. The number of ether oxygens (including phenoxy) is 1. The number of carboxylic acids is 1. The number of carboxylic acid groups (broad SMARTS) is 1. The monoisotopic (exact) mass is 297 g/mol. The molecule has 0 radical (unpaired) electrons. The molecule has 0 aliphatic heterocycles. The van der Waals surface area contributed by atoms with Gasteiger partial charge in [0.25, 0.3) is 0 Å². The fourth-order valence-electron chi connectivity index (χ4n) is 2.66. The first-order chi connectivity index (χ1) is 10.7. The van der Waals surface area contributed by atoms with Crippen molar-refractivity contribution >= 4 is 12.1 Å². The van der Waals surface area contributed by atoms with Crippen LogP contribution in [0.3, 0.4) is 0 Å². The Morgan fingerprint density at radius 3 is 2.09 bits per heavy atom. The van der Waals surface area contributed by atoms with Crippen molar-refractivity contribution in [2.24, 2.45) is 0 Å². The largest absolute Gasteiger partial charge is 0.481 e. The number of benzene rings is 2. The highest BCUT2D eigenvalue weighted by molar-refractivity contribution is 5.79. The molecule has 5 heteroatoms. The summed E-state index contributed by atoms with van der Waals surface area (Å²) in [4.78, 5) is 22.3. The predicted molar refractivity (Wildman–Crippen MR) is 80.5 cm³/mol. The number of fused-ring (bicyclic) bond motifs is 3. The number of carbonyl (C=O) groups is 2. The van der Waals surface area contributed by atoms with Crippen molar-refractivity contribution in [3.63, 3.8) is 0 Å². The zero-order valence-corrected chi connectivity index (χ0v) is 11.8. The molecule has 1 aliphatic rings. The van der Waals surface area contributed by atoms with E-state index in [1.807, 2.05) is 48.5 Å². The zero-order valence-electron chi connectivity index (χ0n) is 11.8. The fourth-order valence-corrected chi connectivity index (χ4v) is 2.66. The molecule has 0 bridgehead atoms. The molecule has 2 N–H and O–H groups in total. The maximum atomic E-state index is 11.9. The Labute approximate surface area is 127 Å². The van der Waals surface area contributed by atoms with E-state index < -0.39 is 18.2 Å². The molecule has 0 saturated carbocycles. The van der Waals surface area contributed by atoms with Crippen LogP contribution in [0.25, 0.3) is 11.1 Å². The van der Waals surface area contributed by atoms with Crippen LogP contribution < -0.4 is 5.32 Å². The van der Waals surface area contributed by atoms with Crippen molar-refractivity contribution in [2.45, 2.75) is 12.5 Å². The molecule has 0 unspecified atom stereocenters. The van der Waals surface area contributed by atoms with Crippen LogP contribution in [0.5, 0.6) is 0 Å². The molecule has 0 atom stereocenters. The van der Waals surface area contributed by atoms with Crippen LogP contribution in [0.15, 0.2) is 48.5 Å². The SMILES string of the molecule is O=C(O)CCNC(=O)OC1c2ccccc2-c2ccccc21. The van der Waals surface area contributed by atoms with Gasteiger partial charge in [-0.2, -0.15) is 0 Å². The van der Waals surface area contributed by atoms with E-state index in [0.29, 0.717) is 0 Å². The van der Waals surface area contributed by atoms with E-state index in [0.717, 1.165) is 22.3 Å². The second kappa shape index (κ2) is 5.89. The Morgan fingerprint density at radius 1 is 1.00 bits per heavy atom. The van der Waals surface area contributed by atoms with Crippen molar-refractivity contribution in [1.29, 1.82) is 0 Å². The lowest BCUT2D eigenvalue weighted by atomic mass is 10.1. The molecule has 0 spiro atoms. The van der Waals surface area contributed by atoms with Crippen LogP contribution in [0, 0.1) is 0 Å². The molecule has 2 aromatic carbocycles. The van der Waals surface area contributed by atoms with Gasteiger partial charge >= 0.3 is 12.1 Å². The van der Waals surface area contributed by atoms with Crippen LogP contribution in [-0.2, 0) is 9.53 Å². The first kappa shape index (κ1) is 14.1. The maximum Gasteiger partial charge on any atom is 0.408 e. The molecular formula is C17H15NO4. The van der Waals surface area contributed by atoms with Crippen molar-refractivity contribution < 1.29 is 19.4 Å². The molecule has 2 aromatic rings. The van der Waals surface area contributed by atoms with Gasteiger partial charge in [0.2, 0.25) is 0 Å². The number of carbonyl (C=O) groups excluding carboxylic acids is 1. The van der Waals surface area contributed by atoms with Crippen molar-refractivity contribution in [2.75, 3.05) is 6.54 Å². The highest BCUT2D eigenvalue weighted by Crippen LogP contribution is 2.44. The van der Waals surface area contributed by atoms with Crippen LogP contribution in [0.4, 0.5) is 4.79 Å². The van der Waals surface area contributed by atoms with Crippen molar-refractivity contribution in [3.8, 4) is 11.1 Å². The summed E-state index contributed by atoms with van der Waals surface area (Å²) >= 11 is 0. The van der Waals surface area contributed by atoms with E-state index in [9.17, 15) is 9.59 Å². The molecule has 1 aliphatic carbocycles. The Morgan fingerprint density at radius 2 is 1.55 bits per heavy atom. The first-order valence-corrected chi connectivity index (χ1v) is 7.01. The standard InChI is InChI=1S/C17H15NO4/c19-15(20)9-10-18-17(21)22-16-13-7-3-1-5-11(13)12-6-2-4-8-14(12)16/h1-8,16H,9-10H2,(H,18,21)(H,19,20). The van der Waals surface area contributed by atoms with Gasteiger partial charge in [-0.25, -0.2) is 4.79 Å². The van der Waals surface area contributed by atoms with Gasteiger partial charge in [0.15, 0.2) is 6.10 Å². The van der Waals surface area contributed by atoms with E-state index in [1.54, 1.807) is 0 Å². The average molecular weight is 297 g/mol. The van der Waals surface area contributed by atoms with E-state index in [1.165, 1.54) is 0 Å². The summed E-state index contributed by atoms with van der Waals surface area (Å²) in [6.45, 7) is 0.0458. The highest BCUT2D eigenvalue weighted by atomic mass is 16.6. The lowest BCUT2D eigenvalue weighted by Gasteiger charge is -2.15. The van der Waals surface area contributed by atoms with E-state index in [2.05, 4.69) is 5.32 Å². The molecule has 1 amide bonds. The second-order valence-corrected chi connectivity index (χ2v) is 5.03. The first-order valence-electron chi connectivity index (χ1n) is 7.01. The molecule has 0 aromatic heterocycles. The van der Waals surface area contributed by atoms with Gasteiger partial charge in [0, 0.05) is 17.7 Å². The van der Waals surface area contributed by atoms with Crippen LogP contribution in [0.2, 0.25) is 0 Å². The topological polar surface area (TPSA) is 75.6 Å². The summed E-state index contributed by atoms with van der Waals surface area (Å²) in [5.41, 5.74) is 4.00. The van der Waals surface area contributed by atoms with Gasteiger partial charge in [0.05, 0.1) is 6.42 Å². The number of aliphatic carboxylic acids is 1. The smallest absolute Gasteiger partial charge is 0.408 e. The molecule has 0 heterocycles. The fraction of sp³-hybridized carbons (Fsp3) is 0.176. The minimum absolute atomic E-state index is 0.0458. The minimum Gasteiger partial charge on any atom is -0.481 e. The summed E-state index contributed by atoms with van der Waals surface area (Å²) < 4.78 is 5.50. The Balaban J connectivity index is 1.79. The van der Waals surface area contributed by atoms with Crippen LogP contribution in [0.1, 0.15) is 23.7 Å². The molecule has 112 valence electrons. The maximum absolute atomic E-state index is 11.9. The highest BCUT2D eigenvalue weighted by Gasteiger charge is 2.30. The second-order valence-electron chi connectivity index (χ2n) is 5.03. The average Bonchev–Trinajstić information content (AvgIpc) is 2.82. The number of nitrogens with one attached hydrogen (secondary N) is 1. The van der Waals surface area contributed by atoms with Gasteiger partial charge in [-0.15, -0.1) is 0 Å². The third kappa shape index (κ3) is 2.65.